The lowest BCUT2D eigenvalue weighted by Crippen LogP contribution is -2.44. The Morgan fingerprint density at radius 2 is 1.64 bits per heavy atom. The Kier molecular flexibility index (Phi) is 12.6. The number of rotatable bonds is 13. The summed E-state index contributed by atoms with van der Waals surface area (Å²) in [7, 11) is 0. The van der Waals surface area contributed by atoms with Gasteiger partial charge in [-0.25, -0.2) is 22.9 Å². The summed E-state index contributed by atoms with van der Waals surface area (Å²) in [6.45, 7) is 9.75. The minimum absolute atomic E-state index is 0.0996. The lowest BCUT2D eigenvalue weighted by atomic mass is 10.0. The molecule has 0 aliphatic heterocycles. The van der Waals surface area contributed by atoms with E-state index in [0.717, 1.165) is 18.2 Å². The Morgan fingerprint density at radius 3 is 2.30 bits per heavy atom. The second-order valence-corrected chi connectivity index (χ2v) is 14.4. The molecule has 0 unspecified atom stereocenters. The third kappa shape index (κ3) is 11.3. The number of benzene rings is 2. The number of carbonyl (C=O) groups excluding carboxylic acids is 4. The number of hydrogen-bond acceptors (Lipinski definition) is 8. The number of ether oxygens (including phenoxy) is 3. The fourth-order valence-corrected chi connectivity index (χ4v) is 5.38. The second-order valence-electron chi connectivity index (χ2n) is 14.4. The van der Waals surface area contributed by atoms with Crippen molar-refractivity contribution in [3.8, 4) is 5.75 Å². The van der Waals surface area contributed by atoms with Gasteiger partial charge in [-0.2, -0.15) is 0 Å². The number of para-hydroxylation sites is 1. The fourth-order valence-electron chi connectivity index (χ4n) is 5.38. The van der Waals surface area contributed by atoms with Crippen LogP contribution in [0.2, 0.25) is 0 Å². The number of fused-ring (bicyclic) bond motifs is 1. The number of nitrogens with two attached hydrogens (primary N) is 1. The molecular weight excluding hydrogens is 690 g/mol. The van der Waals surface area contributed by atoms with Gasteiger partial charge < -0.3 is 29.8 Å². The van der Waals surface area contributed by atoms with Gasteiger partial charge >= 0.3 is 12.2 Å². The number of carbonyl (C=O) groups is 4. The molecule has 0 bridgehead atoms. The topological polar surface area (TPSA) is 161 Å². The number of alkyl carbamates (subject to hydrolysis) is 1. The smallest absolute Gasteiger partial charge is 0.419 e. The summed E-state index contributed by atoms with van der Waals surface area (Å²) in [4.78, 5) is 64.8. The summed E-state index contributed by atoms with van der Waals surface area (Å²) >= 11 is 0. The van der Waals surface area contributed by atoms with E-state index in [9.17, 15) is 32.8 Å². The van der Waals surface area contributed by atoms with Gasteiger partial charge in [0.25, 0.3) is 5.56 Å². The highest BCUT2D eigenvalue weighted by Gasteiger charge is 2.27. The average molecular weight is 735 g/mol. The van der Waals surface area contributed by atoms with Gasteiger partial charge in [0.1, 0.15) is 40.7 Å². The lowest BCUT2D eigenvalue weighted by molar-refractivity contribution is -0.120. The summed E-state index contributed by atoms with van der Waals surface area (Å²) in [6, 6.07) is 11.9. The summed E-state index contributed by atoms with van der Waals surface area (Å²) < 4.78 is 47.5. The molecule has 0 radical (unpaired) electrons. The van der Waals surface area contributed by atoms with Gasteiger partial charge in [-0.3, -0.25) is 14.4 Å². The van der Waals surface area contributed by atoms with E-state index in [1.807, 2.05) is 0 Å². The number of ketones is 1. The van der Waals surface area contributed by atoms with E-state index in [0.29, 0.717) is 16.6 Å². The van der Waals surface area contributed by atoms with Crippen molar-refractivity contribution in [2.24, 2.45) is 5.73 Å². The fraction of sp³-hybridized carbons (Fsp3) is 0.359. The third-order valence-electron chi connectivity index (χ3n) is 7.62. The lowest BCUT2D eigenvalue weighted by Gasteiger charge is -2.23. The number of nitrogens with zero attached hydrogens (tertiary/aromatic N) is 2. The molecule has 4 aromatic rings. The van der Waals surface area contributed by atoms with Crippen LogP contribution in [-0.2, 0) is 38.6 Å². The molecule has 2 aromatic heterocycles. The van der Waals surface area contributed by atoms with E-state index < -0.39 is 58.3 Å². The van der Waals surface area contributed by atoms with Gasteiger partial charge in [0, 0.05) is 35.2 Å². The van der Waals surface area contributed by atoms with Crippen LogP contribution in [0.25, 0.3) is 10.9 Å². The van der Waals surface area contributed by atoms with E-state index in [2.05, 4.69) is 5.32 Å². The van der Waals surface area contributed by atoms with E-state index in [-0.39, 0.29) is 49.3 Å². The number of Topliss-reactive ketones (excluding diaryl/α,β-unsaturated/α-hetero) is 1. The molecule has 282 valence electrons. The van der Waals surface area contributed by atoms with Gasteiger partial charge in [0.2, 0.25) is 5.91 Å². The number of hydrogen-bond donors (Lipinski definition) is 2. The Labute approximate surface area is 305 Å². The maximum absolute atomic E-state index is 14.4. The Balaban J connectivity index is 1.67. The van der Waals surface area contributed by atoms with Crippen LogP contribution in [-0.4, -0.2) is 50.3 Å². The molecule has 3 N–H and O–H groups in total. The molecule has 14 heteroatoms. The minimum Gasteiger partial charge on any atom is -0.487 e. The molecule has 2 amide bonds. The van der Waals surface area contributed by atoms with Gasteiger partial charge in [-0.05, 0) is 90.8 Å². The summed E-state index contributed by atoms with van der Waals surface area (Å²) in [5.41, 5.74) is 3.80. The summed E-state index contributed by atoms with van der Waals surface area (Å²) in [5, 5.41) is 3.13. The first-order valence-electron chi connectivity index (χ1n) is 16.9. The largest absolute Gasteiger partial charge is 0.487 e. The molecule has 2 heterocycles. The number of nitrogens with one attached hydrogen (secondary N) is 1. The van der Waals surface area contributed by atoms with Crippen LogP contribution in [0.15, 0.2) is 77.7 Å². The molecule has 0 aliphatic rings. The van der Waals surface area contributed by atoms with Crippen LogP contribution >= 0.6 is 0 Å². The molecule has 4 rings (SSSR count). The first kappa shape index (κ1) is 40.0. The zero-order chi connectivity index (χ0) is 39.1. The number of aromatic nitrogens is 2. The van der Waals surface area contributed by atoms with Crippen molar-refractivity contribution in [1.82, 2.24) is 14.5 Å². The molecule has 0 saturated heterocycles. The SMILES string of the molecule is CC(C)(C)OC(=O)N[C@@H](CC/C=C/C(N)=O)C(=O)Cc1cccn(Cc2cc3cccc(OCc4ccc(F)cc4F)c3n2C(=O)OC(C)(C)C)c1=O. The molecule has 0 fully saturated rings. The van der Waals surface area contributed by atoms with Crippen LogP contribution < -0.4 is 21.3 Å². The van der Waals surface area contributed by atoms with Gasteiger partial charge in [0.05, 0.1) is 18.3 Å². The van der Waals surface area contributed by atoms with Crippen LogP contribution in [0.3, 0.4) is 0 Å². The molecule has 0 spiro atoms. The highest BCUT2D eigenvalue weighted by Crippen LogP contribution is 2.31. The predicted octanol–water partition coefficient (Wildman–Crippen LogP) is 6.32. The van der Waals surface area contributed by atoms with Crippen molar-refractivity contribution >= 4 is 34.8 Å². The molecule has 1 atom stereocenters. The Hall–Kier alpha value is -5.79. The predicted molar refractivity (Wildman–Crippen MR) is 194 cm³/mol. The molecule has 2 aromatic carbocycles. The summed E-state index contributed by atoms with van der Waals surface area (Å²) in [6.07, 6.45) is 2.57. The van der Waals surface area contributed by atoms with E-state index >= 15 is 0 Å². The van der Waals surface area contributed by atoms with Gasteiger partial charge in [-0.15, -0.1) is 0 Å². The van der Waals surface area contributed by atoms with Crippen molar-refractivity contribution < 1.29 is 42.2 Å². The highest BCUT2D eigenvalue weighted by atomic mass is 19.1. The molecule has 53 heavy (non-hydrogen) atoms. The van der Waals surface area contributed by atoms with E-state index in [4.69, 9.17) is 19.9 Å². The van der Waals surface area contributed by atoms with Gasteiger partial charge in [-0.1, -0.05) is 24.3 Å². The quantitative estimate of drug-likeness (QED) is 0.151. The van der Waals surface area contributed by atoms with Crippen molar-refractivity contribution in [3.63, 3.8) is 0 Å². The van der Waals surface area contributed by atoms with Crippen LogP contribution in [0.4, 0.5) is 18.4 Å². The standard InChI is InChI=1S/C39H44F2N4O8/c1-38(2,3)52-36(49)43-30(13-7-8-15-33(42)47)31(46)20-25-12-10-18-44(35(25)48)22-28-19-24-11-9-14-32(34(24)45(28)37(50)53-39(4,5)6)51-23-26-16-17-27(40)21-29(26)41/h8-12,14-19,21,30H,7,13,20,22-23H2,1-6H3,(H2,42,47)(H,43,49)/b15-8+/t30-/m0/s1. The van der Waals surface area contributed by atoms with Crippen molar-refractivity contribution in [2.45, 2.75) is 91.2 Å². The first-order valence-corrected chi connectivity index (χ1v) is 16.9. The van der Waals surface area contributed by atoms with E-state index in [1.54, 1.807) is 71.9 Å². The minimum atomic E-state index is -1.05. The van der Waals surface area contributed by atoms with E-state index in [1.165, 1.54) is 33.5 Å². The number of halogens is 2. The maximum atomic E-state index is 14.4. The van der Waals surface area contributed by atoms with Crippen LogP contribution in [0.5, 0.6) is 5.75 Å². The zero-order valence-electron chi connectivity index (χ0n) is 30.5. The average Bonchev–Trinajstić information content (AvgIpc) is 3.41. The van der Waals surface area contributed by atoms with Crippen LogP contribution in [0, 0.1) is 11.6 Å². The maximum Gasteiger partial charge on any atom is 0.419 e. The number of allylic oxidation sites excluding steroid dienone is 1. The number of pyridine rings is 1. The van der Waals surface area contributed by atoms with Crippen molar-refractivity contribution in [2.75, 3.05) is 0 Å². The molecular formula is C39H44F2N4O8. The van der Waals surface area contributed by atoms with Crippen molar-refractivity contribution in [1.29, 1.82) is 0 Å². The monoisotopic (exact) mass is 734 g/mol. The highest BCUT2D eigenvalue weighted by molar-refractivity contribution is 5.95. The molecule has 12 nitrogen and oxygen atoms in total. The zero-order valence-corrected chi connectivity index (χ0v) is 30.5. The Morgan fingerprint density at radius 1 is 0.925 bits per heavy atom. The summed E-state index contributed by atoms with van der Waals surface area (Å²) in [5.74, 6) is -2.44. The third-order valence-corrected chi connectivity index (χ3v) is 7.62. The number of primary amides is 1. The van der Waals surface area contributed by atoms with Gasteiger partial charge in [0.15, 0.2) is 5.78 Å². The first-order chi connectivity index (χ1) is 24.8. The molecule has 0 aliphatic carbocycles. The normalized spacial score (nSPS) is 12.5. The van der Waals surface area contributed by atoms with Crippen LogP contribution in [0.1, 0.15) is 71.2 Å². The molecule has 0 saturated carbocycles. The second kappa shape index (κ2) is 16.7. The number of amides is 2. The van der Waals surface area contributed by atoms with Crippen molar-refractivity contribution in [3.05, 3.63) is 112 Å². The Bertz CT molecular complexity index is 2090.